The SMILES string of the molecule is CO.O.O.O[Si](c1ccccc1)(c1ccccc1)c1ccccc1.[Zr]. The van der Waals surface area contributed by atoms with Crippen molar-refractivity contribution < 1.29 is 47.1 Å². The molecule has 0 atom stereocenters. The molecule has 0 heterocycles. The Morgan fingerprint density at radius 2 is 0.720 bits per heavy atom. The van der Waals surface area contributed by atoms with Crippen LogP contribution in [0.25, 0.3) is 0 Å². The summed E-state index contributed by atoms with van der Waals surface area (Å²) in [6, 6.07) is 30.0. The predicted octanol–water partition coefficient (Wildman–Crippen LogP) is -0.398. The van der Waals surface area contributed by atoms with Gasteiger partial charge in [0.2, 0.25) is 0 Å². The summed E-state index contributed by atoms with van der Waals surface area (Å²) in [6.45, 7) is 0. The van der Waals surface area contributed by atoms with Crippen LogP contribution in [-0.4, -0.2) is 36.3 Å². The third-order valence-electron chi connectivity index (χ3n) is 3.57. The molecular formula is C19H24O4SiZr. The molecule has 3 rings (SSSR count). The maximum absolute atomic E-state index is 11.6. The molecule has 0 unspecified atom stereocenters. The van der Waals surface area contributed by atoms with Gasteiger partial charge in [-0.1, -0.05) is 91.0 Å². The number of aliphatic hydroxyl groups excluding tert-OH is 1. The van der Waals surface area contributed by atoms with Crippen LogP contribution in [0.4, 0.5) is 0 Å². The minimum Gasteiger partial charge on any atom is -0.421 e. The van der Waals surface area contributed by atoms with E-state index in [1.807, 2.05) is 91.0 Å². The van der Waals surface area contributed by atoms with Crippen molar-refractivity contribution in [3.63, 3.8) is 0 Å². The molecule has 0 bridgehead atoms. The molecule has 0 radical (unpaired) electrons. The average Bonchev–Trinajstić information content (AvgIpc) is 2.65. The molecule has 25 heavy (non-hydrogen) atoms. The summed E-state index contributed by atoms with van der Waals surface area (Å²) in [6.07, 6.45) is 0. The smallest absolute Gasteiger partial charge is 0.285 e. The Hall–Kier alpha value is -1.40. The Bertz CT molecular complexity index is 585. The molecule has 4 nitrogen and oxygen atoms in total. The Morgan fingerprint density at radius 1 is 0.520 bits per heavy atom. The molecule has 0 fully saturated rings. The van der Waals surface area contributed by atoms with Crippen LogP contribution in [0.5, 0.6) is 0 Å². The number of benzene rings is 3. The first kappa shape index (κ1) is 25.8. The van der Waals surface area contributed by atoms with E-state index >= 15 is 0 Å². The monoisotopic (exact) mass is 434 g/mol. The average molecular weight is 436 g/mol. The van der Waals surface area contributed by atoms with Crippen LogP contribution < -0.4 is 15.6 Å². The summed E-state index contributed by atoms with van der Waals surface area (Å²) in [7, 11) is -1.88. The summed E-state index contributed by atoms with van der Waals surface area (Å²) >= 11 is 0. The number of aliphatic hydroxyl groups is 1. The van der Waals surface area contributed by atoms with Crippen molar-refractivity contribution in [1.82, 2.24) is 0 Å². The summed E-state index contributed by atoms with van der Waals surface area (Å²) < 4.78 is 0. The molecule has 3 aromatic rings. The van der Waals surface area contributed by atoms with Gasteiger partial charge in [0.25, 0.3) is 8.32 Å². The van der Waals surface area contributed by atoms with Gasteiger partial charge >= 0.3 is 0 Å². The number of hydrogen-bond donors (Lipinski definition) is 2. The van der Waals surface area contributed by atoms with Gasteiger partial charge in [0, 0.05) is 33.3 Å². The van der Waals surface area contributed by atoms with E-state index in [-0.39, 0.29) is 37.2 Å². The van der Waals surface area contributed by atoms with Crippen molar-refractivity contribution in [2.45, 2.75) is 0 Å². The molecule has 0 spiro atoms. The Kier molecular flexibility index (Phi) is 13.3. The standard InChI is InChI=1S/C18H16OSi.CH4O.2H2O.Zr/c19-20(16-10-4-1-5-11-16,17-12-6-2-7-13-17)18-14-8-3-9-15-18;1-2;;;/h1-15,19H;2H,1H3;2*1H2;. The Morgan fingerprint density at radius 3 is 0.920 bits per heavy atom. The summed E-state index contributed by atoms with van der Waals surface area (Å²) in [5.41, 5.74) is 0. The van der Waals surface area contributed by atoms with E-state index in [0.29, 0.717) is 0 Å². The zero-order chi connectivity index (χ0) is 15.8. The van der Waals surface area contributed by atoms with Crippen LogP contribution in [0.15, 0.2) is 91.0 Å². The van der Waals surface area contributed by atoms with Gasteiger partial charge in [0.15, 0.2) is 0 Å². The third kappa shape index (κ3) is 5.82. The minimum atomic E-state index is -2.88. The van der Waals surface area contributed by atoms with Crippen LogP contribution in [0.2, 0.25) is 0 Å². The van der Waals surface area contributed by atoms with Crippen molar-refractivity contribution in [1.29, 1.82) is 0 Å². The molecule has 0 aliphatic carbocycles. The molecule has 0 saturated carbocycles. The quantitative estimate of drug-likeness (QED) is 0.432. The van der Waals surface area contributed by atoms with E-state index in [0.717, 1.165) is 22.7 Å². The fraction of sp³-hybridized carbons (Fsp3) is 0.0526. The molecule has 0 saturated heterocycles. The predicted molar refractivity (Wildman–Crippen MR) is 102 cm³/mol. The molecule has 132 valence electrons. The molecule has 3 aromatic carbocycles. The zero-order valence-corrected chi connectivity index (χ0v) is 17.5. The molecule has 6 heteroatoms. The van der Waals surface area contributed by atoms with E-state index in [1.54, 1.807) is 0 Å². The topological polar surface area (TPSA) is 103 Å². The first-order chi connectivity index (χ1) is 10.8. The van der Waals surface area contributed by atoms with Crippen molar-refractivity contribution >= 4 is 23.9 Å². The fourth-order valence-corrected chi connectivity index (χ4v) is 5.56. The van der Waals surface area contributed by atoms with E-state index in [1.165, 1.54) is 0 Å². The molecule has 6 N–H and O–H groups in total. The maximum atomic E-state index is 11.6. The summed E-state index contributed by atoms with van der Waals surface area (Å²) in [4.78, 5) is 11.6. The van der Waals surface area contributed by atoms with E-state index in [2.05, 4.69) is 0 Å². The largest absolute Gasteiger partial charge is 0.421 e. The summed E-state index contributed by atoms with van der Waals surface area (Å²) in [5, 5.41) is 10.0. The van der Waals surface area contributed by atoms with Gasteiger partial charge in [-0.25, -0.2) is 0 Å². The van der Waals surface area contributed by atoms with Crippen LogP contribution in [0, 0.1) is 0 Å². The molecular weight excluding hydrogens is 412 g/mol. The van der Waals surface area contributed by atoms with Crippen molar-refractivity contribution in [3.8, 4) is 0 Å². The van der Waals surface area contributed by atoms with E-state index in [4.69, 9.17) is 5.11 Å². The van der Waals surface area contributed by atoms with Gasteiger partial charge in [0.05, 0.1) is 0 Å². The maximum Gasteiger partial charge on any atom is 0.285 e. The van der Waals surface area contributed by atoms with Gasteiger partial charge in [0.1, 0.15) is 0 Å². The van der Waals surface area contributed by atoms with Gasteiger partial charge in [-0.2, -0.15) is 0 Å². The molecule has 0 aromatic heterocycles. The molecule has 0 aliphatic rings. The Balaban J connectivity index is 0. The molecule has 0 amide bonds. The number of rotatable bonds is 3. The zero-order valence-electron chi connectivity index (χ0n) is 14.1. The molecule has 0 aliphatic heterocycles. The van der Waals surface area contributed by atoms with Gasteiger partial charge in [-0.15, -0.1) is 0 Å². The van der Waals surface area contributed by atoms with Crippen LogP contribution in [0.3, 0.4) is 0 Å². The van der Waals surface area contributed by atoms with Crippen molar-refractivity contribution in [3.05, 3.63) is 91.0 Å². The van der Waals surface area contributed by atoms with Crippen molar-refractivity contribution in [2.75, 3.05) is 7.11 Å². The fourth-order valence-electron chi connectivity index (χ4n) is 2.54. The summed E-state index contributed by atoms with van der Waals surface area (Å²) in [5.74, 6) is 0. The number of hydrogen-bond acceptors (Lipinski definition) is 2. The minimum absolute atomic E-state index is 0. The first-order valence-corrected chi connectivity index (χ1v) is 9.10. The second-order valence-corrected chi connectivity index (χ2v) is 7.96. The Labute approximate surface area is 168 Å². The van der Waals surface area contributed by atoms with Crippen molar-refractivity contribution in [2.24, 2.45) is 0 Å². The van der Waals surface area contributed by atoms with Crippen LogP contribution in [0.1, 0.15) is 0 Å². The van der Waals surface area contributed by atoms with Crippen LogP contribution >= 0.6 is 0 Å². The van der Waals surface area contributed by atoms with Gasteiger partial charge in [-0.05, 0) is 15.6 Å². The van der Waals surface area contributed by atoms with Gasteiger partial charge < -0.3 is 20.9 Å². The van der Waals surface area contributed by atoms with E-state index < -0.39 is 8.32 Å². The normalized spacial score (nSPS) is 9.24. The van der Waals surface area contributed by atoms with Gasteiger partial charge in [-0.3, -0.25) is 0 Å². The second-order valence-electron chi connectivity index (χ2n) is 4.81. The first-order valence-electron chi connectivity index (χ1n) is 7.15. The second kappa shape index (κ2) is 12.9. The van der Waals surface area contributed by atoms with E-state index in [9.17, 15) is 4.80 Å². The third-order valence-corrected chi connectivity index (χ3v) is 7.08. The van der Waals surface area contributed by atoms with Crippen LogP contribution in [-0.2, 0) is 26.2 Å².